The molecule has 0 aliphatic rings. The van der Waals surface area contributed by atoms with Crippen molar-refractivity contribution in [1.29, 1.82) is 0 Å². The van der Waals surface area contributed by atoms with E-state index >= 15 is 0 Å². The van der Waals surface area contributed by atoms with Gasteiger partial charge in [-0.15, -0.1) is 5.10 Å². The van der Waals surface area contributed by atoms with Gasteiger partial charge in [0.15, 0.2) is 5.69 Å². The van der Waals surface area contributed by atoms with Crippen LogP contribution in [0.15, 0.2) is 36.4 Å². The lowest BCUT2D eigenvalue weighted by Crippen LogP contribution is -2.15. The monoisotopic (exact) mass is 269 g/mol. The highest BCUT2D eigenvalue weighted by atomic mass is 16.1. The van der Waals surface area contributed by atoms with Crippen molar-refractivity contribution in [2.75, 3.05) is 5.32 Å². The average molecular weight is 269 g/mol. The molecule has 0 atom stereocenters. The minimum Gasteiger partial charge on any atom is -0.321 e. The Morgan fingerprint density at radius 1 is 1.00 bits per heavy atom. The van der Waals surface area contributed by atoms with Gasteiger partial charge in [0.1, 0.15) is 0 Å². The summed E-state index contributed by atoms with van der Waals surface area (Å²) in [4.78, 5) is 12.0. The predicted molar refractivity (Wildman–Crippen MR) is 79.9 cm³/mol. The number of carbonyl (C=O) groups excluding carboxylic acids is 1. The number of benzene rings is 1. The molecule has 20 heavy (non-hydrogen) atoms. The van der Waals surface area contributed by atoms with Crippen molar-refractivity contribution >= 4 is 11.6 Å². The quantitative estimate of drug-likeness (QED) is 0.909. The highest BCUT2D eigenvalue weighted by Crippen LogP contribution is 2.23. The molecule has 2 rings (SSSR count). The number of nitrogens with one attached hydrogen (secondary N) is 1. The van der Waals surface area contributed by atoms with Gasteiger partial charge in [0.05, 0.1) is 5.69 Å². The highest BCUT2D eigenvalue weighted by Gasteiger charge is 2.13. The van der Waals surface area contributed by atoms with Crippen LogP contribution in [0.5, 0.6) is 0 Å². The number of rotatable bonds is 2. The molecule has 4 heteroatoms. The number of hydrogen-bond acceptors (Lipinski definition) is 3. The lowest BCUT2D eigenvalue weighted by molar-refractivity contribution is 0.102. The van der Waals surface area contributed by atoms with Crippen LogP contribution in [-0.2, 0) is 5.41 Å². The van der Waals surface area contributed by atoms with Gasteiger partial charge in [-0.05, 0) is 42.2 Å². The van der Waals surface area contributed by atoms with Crippen molar-refractivity contribution in [3.8, 4) is 0 Å². The maximum absolute atomic E-state index is 12.0. The third kappa shape index (κ3) is 3.41. The van der Waals surface area contributed by atoms with Crippen LogP contribution in [0.25, 0.3) is 0 Å². The zero-order chi connectivity index (χ0) is 14.8. The zero-order valence-corrected chi connectivity index (χ0v) is 12.3. The van der Waals surface area contributed by atoms with Crippen LogP contribution >= 0.6 is 0 Å². The number of aryl methyl sites for hydroxylation is 1. The number of carbonyl (C=O) groups is 1. The van der Waals surface area contributed by atoms with E-state index in [4.69, 9.17) is 0 Å². The van der Waals surface area contributed by atoms with Crippen molar-refractivity contribution in [1.82, 2.24) is 10.2 Å². The molecule has 0 saturated carbocycles. The second-order valence-electron chi connectivity index (χ2n) is 5.84. The van der Waals surface area contributed by atoms with Gasteiger partial charge in [-0.2, -0.15) is 5.10 Å². The van der Waals surface area contributed by atoms with Gasteiger partial charge in [0.25, 0.3) is 5.91 Å². The van der Waals surface area contributed by atoms with Crippen molar-refractivity contribution < 1.29 is 4.79 Å². The molecule has 1 aromatic heterocycles. The molecular formula is C16H19N3O. The van der Waals surface area contributed by atoms with Crippen LogP contribution in [0.1, 0.15) is 42.5 Å². The van der Waals surface area contributed by atoms with Crippen molar-refractivity contribution in [2.45, 2.75) is 33.1 Å². The summed E-state index contributed by atoms with van der Waals surface area (Å²) in [5, 5.41) is 10.6. The topological polar surface area (TPSA) is 54.9 Å². The first-order chi connectivity index (χ1) is 9.36. The Kier molecular flexibility index (Phi) is 3.84. The number of nitrogens with zero attached hydrogens (tertiary/aromatic N) is 2. The lowest BCUT2D eigenvalue weighted by Gasteiger charge is -2.19. The number of amides is 1. The molecule has 1 heterocycles. The molecular weight excluding hydrogens is 250 g/mol. The van der Waals surface area contributed by atoms with Gasteiger partial charge in [0, 0.05) is 5.69 Å². The Hall–Kier alpha value is -2.23. The van der Waals surface area contributed by atoms with Crippen LogP contribution in [0.3, 0.4) is 0 Å². The van der Waals surface area contributed by atoms with Gasteiger partial charge in [-0.25, -0.2) is 0 Å². The molecule has 2 aromatic rings. The van der Waals surface area contributed by atoms with Crippen LogP contribution in [-0.4, -0.2) is 16.1 Å². The molecule has 1 aromatic carbocycles. The van der Waals surface area contributed by atoms with E-state index in [0.717, 1.165) is 11.4 Å². The molecule has 0 unspecified atom stereocenters. The fourth-order valence-electron chi connectivity index (χ4n) is 1.77. The zero-order valence-electron chi connectivity index (χ0n) is 12.3. The molecule has 1 amide bonds. The Labute approximate surface area is 119 Å². The molecule has 0 bridgehead atoms. The largest absolute Gasteiger partial charge is 0.321 e. The Morgan fingerprint density at radius 3 is 2.15 bits per heavy atom. The summed E-state index contributed by atoms with van der Waals surface area (Å²) in [7, 11) is 0. The summed E-state index contributed by atoms with van der Waals surface area (Å²) < 4.78 is 0. The van der Waals surface area contributed by atoms with E-state index in [1.807, 2.05) is 31.2 Å². The number of aromatic nitrogens is 2. The number of hydrogen-bond donors (Lipinski definition) is 1. The number of anilines is 1. The molecule has 0 fully saturated rings. The molecule has 0 saturated heterocycles. The summed E-state index contributed by atoms with van der Waals surface area (Å²) in [6.45, 7) is 8.30. The van der Waals surface area contributed by atoms with Gasteiger partial charge in [-0.3, -0.25) is 4.79 Å². The van der Waals surface area contributed by atoms with E-state index in [1.165, 1.54) is 5.56 Å². The molecule has 0 aliphatic heterocycles. The Bertz CT molecular complexity index is 595. The third-order valence-corrected chi connectivity index (χ3v) is 3.04. The van der Waals surface area contributed by atoms with E-state index in [1.54, 1.807) is 12.1 Å². The molecule has 104 valence electrons. The standard InChI is InChI=1S/C16H19N3O/c1-11-5-10-14(19-18-11)15(20)17-13-8-6-12(7-9-13)16(2,3)4/h5-10H,1-4H3,(H,17,20). The van der Waals surface area contributed by atoms with Crippen LogP contribution in [0, 0.1) is 6.92 Å². The molecule has 0 spiro atoms. The lowest BCUT2D eigenvalue weighted by atomic mass is 9.87. The van der Waals surface area contributed by atoms with Crippen LogP contribution in [0.4, 0.5) is 5.69 Å². The van der Waals surface area contributed by atoms with E-state index in [2.05, 4.69) is 36.3 Å². The first-order valence-electron chi connectivity index (χ1n) is 6.58. The SMILES string of the molecule is Cc1ccc(C(=O)Nc2ccc(C(C)(C)C)cc2)nn1. The second kappa shape index (κ2) is 5.41. The fraction of sp³-hybridized carbons (Fsp3) is 0.312. The van der Waals surface area contributed by atoms with Crippen LogP contribution < -0.4 is 5.32 Å². The summed E-state index contributed by atoms with van der Waals surface area (Å²) in [6.07, 6.45) is 0. The second-order valence-corrected chi connectivity index (χ2v) is 5.84. The Balaban J connectivity index is 2.10. The van der Waals surface area contributed by atoms with Gasteiger partial charge >= 0.3 is 0 Å². The minimum atomic E-state index is -0.249. The molecule has 0 radical (unpaired) electrons. The van der Waals surface area contributed by atoms with E-state index in [-0.39, 0.29) is 11.3 Å². The molecule has 4 nitrogen and oxygen atoms in total. The van der Waals surface area contributed by atoms with E-state index in [0.29, 0.717) is 5.69 Å². The van der Waals surface area contributed by atoms with Gasteiger partial charge < -0.3 is 5.32 Å². The third-order valence-electron chi connectivity index (χ3n) is 3.04. The van der Waals surface area contributed by atoms with Gasteiger partial charge in [-0.1, -0.05) is 32.9 Å². The van der Waals surface area contributed by atoms with Crippen molar-refractivity contribution in [3.63, 3.8) is 0 Å². The summed E-state index contributed by atoms with van der Waals surface area (Å²) in [6, 6.07) is 11.3. The minimum absolute atomic E-state index is 0.102. The molecule has 0 aliphatic carbocycles. The maximum atomic E-state index is 12.0. The first-order valence-corrected chi connectivity index (χ1v) is 6.58. The highest BCUT2D eigenvalue weighted by molar-refractivity contribution is 6.02. The summed E-state index contributed by atoms with van der Waals surface area (Å²) >= 11 is 0. The smallest absolute Gasteiger partial charge is 0.276 e. The summed E-state index contributed by atoms with van der Waals surface area (Å²) in [5.41, 5.74) is 3.19. The summed E-state index contributed by atoms with van der Waals surface area (Å²) in [5.74, 6) is -0.249. The molecule has 1 N–H and O–H groups in total. The Morgan fingerprint density at radius 2 is 1.65 bits per heavy atom. The normalized spacial score (nSPS) is 11.2. The van der Waals surface area contributed by atoms with Crippen molar-refractivity contribution in [3.05, 3.63) is 53.3 Å². The van der Waals surface area contributed by atoms with Crippen LogP contribution in [0.2, 0.25) is 0 Å². The van der Waals surface area contributed by atoms with E-state index < -0.39 is 0 Å². The first kappa shape index (κ1) is 14.2. The average Bonchev–Trinajstić information content (AvgIpc) is 2.39. The van der Waals surface area contributed by atoms with Gasteiger partial charge in [0.2, 0.25) is 0 Å². The predicted octanol–water partition coefficient (Wildman–Crippen LogP) is 3.33. The fourth-order valence-corrected chi connectivity index (χ4v) is 1.77. The van der Waals surface area contributed by atoms with E-state index in [9.17, 15) is 4.79 Å². The van der Waals surface area contributed by atoms with Crippen molar-refractivity contribution in [2.24, 2.45) is 0 Å². The maximum Gasteiger partial charge on any atom is 0.276 e.